The Morgan fingerprint density at radius 2 is 2.19 bits per heavy atom. The molecule has 3 rings (SSSR count). The van der Waals surface area contributed by atoms with E-state index in [4.69, 9.17) is 0 Å². The molecule has 0 spiro atoms. The van der Waals surface area contributed by atoms with Crippen LogP contribution in [0, 0.1) is 5.92 Å². The molecule has 1 unspecified atom stereocenters. The molecule has 1 atom stereocenters. The summed E-state index contributed by atoms with van der Waals surface area (Å²) in [5, 5.41) is 6.47. The number of rotatable bonds is 6. The Kier molecular flexibility index (Phi) is 8.23. The van der Waals surface area contributed by atoms with Gasteiger partial charge in [-0.3, -0.25) is 14.7 Å². The van der Waals surface area contributed by atoms with E-state index >= 15 is 0 Å². The number of nitrogens with one attached hydrogen (secondary N) is 2. The zero-order valence-corrected chi connectivity index (χ0v) is 16.8. The second kappa shape index (κ2) is 10.4. The number of benzene rings is 1. The Morgan fingerprint density at radius 3 is 2.93 bits per heavy atom. The van der Waals surface area contributed by atoms with Crippen molar-refractivity contribution in [1.29, 1.82) is 0 Å². The first-order valence-electron chi connectivity index (χ1n) is 9.35. The molecule has 0 saturated carbocycles. The molecular weight excluding hydrogens is 360 g/mol. The van der Waals surface area contributed by atoms with Gasteiger partial charge in [-0.25, -0.2) is 0 Å². The van der Waals surface area contributed by atoms with E-state index in [1.807, 2.05) is 36.7 Å². The van der Waals surface area contributed by atoms with Crippen molar-refractivity contribution in [3.05, 3.63) is 65.5 Å². The number of hydrogen-bond donors (Lipinski definition) is 2. The van der Waals surface area contributed by atoms with Crippen molar-refractivity contribution in [2.24, 2.45) is 5.92 Å². The Balaban J connectivity index is 0.00000261. The number of carbonyl (C=O) groups excluding carboxylic acids is 1. The quantitative estimate of drug-likeness (QED) is 0.798. The summed E-state index contributed by atoms with van der Waals surface area (Å²) in [6.07, 6.45) is 3.75. The van der Waals surface area contributed by atoms with Crippen molar-refractivity contribution in [3.63, 3.8) is 0 Å². The molecule has 2 aromatic rings. The molecule has 0 bridgehead atoms. The van der Waals surface area contributed by atoms with Gasteiger partial charge in [0, 0.05) is 56.7 Å². The molecule has 1 amide bonds. The molecule has 5 nitrogen and oxygen atoms in total. The summed E-state index contributed by atoms with van der Waals surface area (Å²) < 4.78 is 0. The fraction of sp³-hybridized carbons (Fsp3) is 0.429. The van der Waals surface area contributed by atoms with Gasteiger partial charge in [0.05, 0.1) is 0 Å². The Morgan fingerprint density at radius 1 is 1.33 bits per heavy atom. The summed E-state index contributed by atoms with van der Waals surface area (Å²) >= 11 is 0. The molecule has 1 fully saturated rings. The van der Waals surface area contributed by atoms with Gasteiger partial charge in [-0.15, -0.1) is 12.4 Å². The Labute approximate surface area is 168 Å². The van der Waals surface area contributed by atoms with Gasteiger partial charge in [0.2, 0.25) is 0 Å². The maximum absolute atomic E-state index is 12.3. The van der Waals surface area contributed by atoms with Crippen LogP contribution in [0.5, 0.6) is 0 Å². The minimum Gasteiger partial charge on any atom is -0.352 e. The van der Waals surface area contributed by atoms with Gasteiger partial charge in [0.25, 0.3) is 5.91 Å². The van der Waals surface area contributed by atoms with Crippen LogP contribution in [-0.2, 0) is 6.54 Å². The van der Waals surface area contributed by atoms with Gasteiger partial charge < -0.3 is 10.6 Å². The number of hydrogen-bond acceptors (Lipinski definition) is 4. The SMILES string of the molecule is CC(C)CNC(=O)c1cccc(CN2CCNCC2c2cccnc2)c1.Cl. The maximum Gasteiger partial charge on any atom is 0.251 e. The smallest absolute Gasteiger partial charge is 0.251 e. The standard InChI is InChI=1S/C21H28N4O.ClH/c1-16(2)12-24-21(26)18-6-3-5-17(11-18)15-25-10-9-23-14-20(25)19-7-4-8-22-13-19;/h3-8,11,13,16,20,23H,9-10,12,14-15H2,1-2H3,(H,24,26);1H. The third-order valence-corrected chi connectivity index (χ3v) is 4.67. The first kappa shape index (κ1) is 21.4. The summed E-state index contributed by atoms with van der Waals surface area (Å²) in [5.41, 5.74) is 3.12. The molecule has 1 aliphatic heterocycles. The zero-order valence-electron chi connectivity index (χ0n) is 16.0. The molecule has 27 heavy (non-hydrogen) atoms. The normalized spacial score (nSPS) is 17.4. The van der Waals surface area contributed by atoms with Crippen molar-refractivity contribution < 1.29 is 4.79 Å². The number of amides is 1. The van der Waals surface area contributed by atoms with E-state index < -0.39 is 0 Å². The fourth-order valence-electron chi connectivity index (χ4n) is 3.28. The van der Waals surface area contributed by atoms with Crippen LogP contribution in [0.25, 0.3) is 0 Å². The maximum atomic E-state index is 12.3. The molecule has 0 aliphatic carbocycles. The number of halogens is 1. The minimum atomic E-state index is 0. The lowest BCUT2D eigenvalue weighted by Gasteiger charge is -2.36. The van der Waals surface area contributed by atoms with Crippen LogP contribution in [0.2, 0.25) is 0 Å². The third kappa shape index (κ3) is 6.03. The van der Waals surface area contributed by atoms with Crippen LogP contribution in [0.4, 0.5) is 0 Å². The molecule has 2 heterocycles. The molecule has 146 valence electrons. The molecule has 1 aromatic carbocycles. The van der Waals surface area contributed by atoms with E-state index in [-0.39, 0.29) is 18.3 Å². The monoisotopic (exact) mass is 388 g/mol. The fourth-order valence-corrected chi connectivity index (χ4v) is 3.28. The molecule has 1 saturated heterocycles. The van der Waals surface area contributed by atoms with E-state index in [2.05, 4.69) is 46.5 Å². The number of nitrogens with zero attached hydrogens (tertiary/aromatic N) is 2. The summed E-state index contributed by atoms with van der Waals surface area (Å²) in [7, 11) is 0. The van der Waals surface area contributed by atoms with Crippen LogP contribution in [0.1, 0.15) is 41.4 Å². The third-order valence-electron chi connectivity index (χ3n) is 4.67. The molecule has 1 aliphatic rings. The van der Waals surface area contributed by atoms with E-state index in [1.165, 1.54) is 5.56 Å². The van der Waals surface area contributed by atoms with Crippen molar-refractivity contribution in [3.8, 4) is 0 Å². The van der Waals surface area contributed by atoms with Crippen molar-refractivity contribution in [2.75, 3.05) is 26.2 Å². The zero-order chi connectivity index (χ0) is 18.4. The molecule has 2 N–H and O–H groups in total. The van der Waals surface area contributed by atoms with E-state index in [9.17, 15) is 4.79 Å². The van der Waals surface area contributed by atoms with Crippen LogP contribution in [-0.4, -0.2) is 42.0 Å². The number of piperazine rings is 1. The van der Waals surface area contributed by atoms with Gasteiger partial charge in [-0.05, 0) is 35.2 Å². The summed E-state index contributed by atoms with van der Waals surface area (Å²) in [5.74, 6) is 0.452. The highest BCUT2D eigenvalue weighted by atomic mass is 35.5. The Bertz CT molecular complexity index is 723. The molecule has 1 aromatic heterocycles. The highest BCUT2D eigenvalue weighted by Gasteiger charge is 2.24. The predicted molar refractivity (Wildman–Crippen MR) is 111 cm³/mol. The average Bonchev–Trinajstić information content (AvgIpc) is 2.67. The van der Waals surface area contributed by atoms with Crippen molar-refractivity contribution in [1.82, 2.24) is 20.5 Å². The molecule has 0 radical (unpaired) electrons. The lowest BCUT2D eigenvalue weighted by molar-refractivity contribution is 0.0948. The van der Waals surface area contributed by atoms with Gasteiger partial charge in [0.1, 0.15) is 0 Å². The first-order chi connectivity index (χ1) is 12.6. The topological polar surface area (TPSA) is 57.3 Å². The average molecular weight is 389 g/mol. The van der Waals surface area contributed by atoms with E-state index in [0.717, 1.165) is 37.3 Å². The summed E-state index contributed by atoms with van der Waals surface area (Å²) in [6.45, 7) is 8.59. The second-order valence-corrected chi connectivity index (χ2v) is 7.28. The first-order valence-corrected chi connectivity index (χ1v) is 9.35. The second-order valence-electron chi connectivity index (χ2n) is 7.28. The van der Waals surface area contributed by atoms with E-state index in [1.54, 1.807) is 0 Å². The van der Waals surface area contributed by atoms with Gasteiger partial charge in [-0.2, -0.15) is 0 Å². The number of aromatic nitrogens is 1. The van der Waals surface area contributed by atoms with Crippen molar-refractivity contribution in [2.45, 2.75) is 26.4 Å². The van der Waals surface area contributed by atoms with Gasteiger partial charge in [-0.1, -0.05) is 32.0 Å². The highest BCUT2D eigenvalue weighted by Crippen LogP contribution is 2.23. The predicted octanol–water partition coefficient (Wildman–Crippen LogP) is 3.04. The Hall–Kier alpha value is -1.95. The summed E-state index contributed by atoms with van der Waals surface area (Å²) in [4.78, 5) is 19.1. The van der Waals surface area contributed by atoms with Crippen LogP contribution in [0.15, 0.2) is 48.8 Å². The van der Waals surface area contributed by atoms with Gasteiger partial charge >= 0.3 is 0 Å². The van der Waals surface area contributed by atoms with Crippen LogP contribution >= 0.6 is 12.4 Å². The lowest BCUT2D eigenvalue weighted by atomic mass is 10.0. The van der Waals surface area contributed by atoms with Crippen molar-refractivity contribution >= 4 is 18.3 Å². The van der Waals surface area contributed by atoms with Gasteiger partial charge in [0.15, 0.2) is 0 Å². The lowest BCUT2D eigenvalue weighted by Crippen LogP contribution is -2.45. The highest BCUT2D eigenvalue weighted by molar-refractivity contribution is 5.94. The molecular formula is C21H29ClN4O. The molecule has 6 heteroatoms. The summed E-state index contributed by atoms with van der Waals surface area (Å²) in [6, 6.07) is 12.4. The number of carbonyl (C=O) groups is 1. The van der Waals surface area contributed by atoms with Crippen LogP contribution in [0.3, 0.4) is 0 Å². The van der Waals surface area contributed by atoms with E-state index in [0.29, 0.717) is 18.5 Å². The largest absolute Gasteiger partial charge is 0.352 e. The minimum absolute atomic E-state index is 0. The number of pyridine rings is 1. The van der Waals surface area contributed by atoms with Crippen LogP contribution < -0.4 is 10.6 Å².